The van der Waals surface area contributed by atoms with E-state index in [-0.39, 0.29) is 41.8 Å². The molecule has 0 amide bonds. The molecule has 0 spiro atoms. The molecule has 0 radical (unpaired) electrons. The standard InChI is InChI=1S/C12H18N4O5/c1-12(2,3)21-5-4-20-11-9(16(18)19)6-8(7-14-11)10(13)15-17/h6-7,17H,4-5H2,1-3H3,(H2,13,15). The van der Waals surface area contributed by atoms with Crippen LogP contribution in [0.1, 0.15) is 26.3 Å². The van der Waals surface area contributed by atoms with E-state index >= 15 is 0 Å². The first kappa shape index (κ1) is 16.6. The minimum absolute atomic E-state index is 0.119. The highest BCUT2D eigenvalue weighted by Crippen LogP contribution is 2.25. The van der Waals surface area contributed by atoms with Gasteiger partial charge in [-0.15, -0.1) is 0 Å². The number of rotatable bonds is 6. The summed E-state index contributed by atoms with van der Waals surface area (Å²) in [5.74, 6) is -0.416. The Balaban J connectivity index is 2.80. The summed E-state index contributed by atoms with van der Waals surface area (Å²) >= 11 is 0. The van der Waals surface area contributed by atoms with Crippen molar-refractivity contribution in [3.05, 3.63) is 27.9 Å². The van der Waals surface area contributed by atoms with Crippen molar-refractivity contribution in [2.75, 3.05) is 13.2 Å². The number of pyridine rings is 1. The maximum Gasteiger partial charge on any atom is 0.331 e. The minimum Gasteiger partial charge on any atom is -0.470 e. The second-order valence-electron chi connectivity index (χ2n) is 5.10. The predicted molar refractivity (Wildman–Crippen MR) is 74.6 cm³/mol. The smallest absolute Gasteiger partial charge is 0.331 e. The molecule has 9 heteroatoms. The van der Waals surface area contributed by atoms with E-state index in [1.807, 2.05) is 20.8 Å². The Morgan fingerprint density at radius 2 is 2.19 bits per heavy atom. The van der Waals surface area contributed by atoms with E-state index in [0.29, 0.717) is 0 Å². The van der Waals surface area contributed by atoms with Crippen molar-refractivity contribution in [1.82, 2.24) is 4.98 Å². The number of ether oxygens (including phenoxy) is 2. The van der Waals surface area contributed by atoms with Crippen LogP contribution in [0.5, 0.6) is 5.88 Å². The van der Waals surface area contributed by atoms with Gasteiger partial charge in [0.1, 0.15) is 6.61 Å². The van der Waals surface area contributed by atoms with E-state index in [4.69, 9.17) is 20.4 Å². The molecule has 0 aliphatic heterocycles. The highest BCUT2D eigenvalue weighted by molar-refractivity contribution is 5.97. The average molecular weight is 298 g/mol. The van der Waals surface area contributed by atoms with Crippen molar-refractivity contribution < 1.29 is 19.6 Å². The third-order valence-electron chi connectivity index (χ3n) is 2.29. The molecule has 9 nitrogen and oxygen atoms in total. The second kappa shape index (κ2) is 6.84. The zero-order valence-corrected chi connectivity index (χ0v) is 12.1. The molecule has 0 fully saturated rings. The van der Waals surface area contributed by atoms with Gasteiger partial charge in [0.2, 0.25) is 0 Å². The Morgan fingerprint density at radius 3 is 2.71 bits per heavy atom. The summed E-state index contributed by atoms with van der Waals surface area (Å²) < 4.78 is 10.7. The summed E-state index contributed by atoms with van der Waals surface area (Å²) in [5, 5.41) is 22.3. The molecule has 0 saturated carbocycles. The van der Waals surface area contributed by atoms with Gasteiger partial charge in [0.05, 0.1) is 17.1 Å². The fourth-order valence-corrected chi connectivity index (χ4v) is 1.37. The minimum atomic E-state index is -0.652. The average Bonchev–Trinajstić information content (AvgIpc) is 2.41. The van der Waals surface area contributed by atoms with Gasteiger partial charge in [0.15, 0.2) is 5.84 Å². The van der Waals surface area contributed by atoms with Crippen molar-refractivity contribution in [2.45, 2.75) is 26.4 Å². The van der Waals surface area contributed by atoms with Gasteiger partial charge in [-0.1, -0.05) is 5.16 Å². The Hall–Kier alpha value is -2.42. The first-order valence-corrected chi connectivity index (χ1v) is 6.13. The van der Waals surface area contributed by atoms with Gasteiger partial charge < -0.3 is 20.4 Å². The van der Waals surface area contributed by atoms with E-state index in [9.17, 15) is 10.1 Å². The molecule has 0 unspecified atom stereocenters. The van der Waals surface area contributed by atoms with E-state index in [1.165, 1.54) is 6.20 Å². The predicted octanol–water partition coefficient (Wildman–Crippen LogP) is 1.28. The molecule has 1 heterocycles. The maximum absolute atomic E-state index is 11.0. The Bertz CT molecular complexity index is 539. The van der Waals surface area contributed by atoms with E-state index in [1.54, 1.807) is 0 Å². The number of oxime groups is 1. The molecule has 1 rings (SSSR count). The fraction of sp³-hybridized carbons (Fsp3) is 0.500. The van der Waals surface area contributed by atoms with E-state index in [2.05, 4.69) is 10.1 Å². The van der Waals surface area contributed by atoms with Crippen LogP contribution in [-0.2, 0) is 4.74 Å². The highest BCUT2D eigenvalue weighted by atomic mass is 16.6. The van der Waals surface area contributed by atoms with Crippen LogP contribution in [0, 0.1) is 10.1 Å². The molecular weight excluding hydrogens is 280 g/mol. The zero-order chi connectivity index (χ0) is 16.0. The topological polar surface area (TPSA) is 133 Å². The third-order valence-corrected chi connectivity index (χ3v) is 2.29. The lowest BCUT2D eigenvalue weighted by molar-refractivity contribution is -0.386. The van der Waals surface area contributed by atoms with E-state index < -0.39 is 4.92 Å². The molecule has 3 N–H and O–H groups in total. The second-order valence-corrected chi connectivity index (χ2v) is 5.10. The van der Waals surface area contributed by atoms with Crippen LogP contribution in [-0.4, -0.2) is 39.8 Å². The summed E-state index contributed by atoms with van der Waals surface area (Å²) in [4.78, 5) is 14.1. The molecule has 0 aromatic carbocycles. The number of nitro groups is 1. The lowest BCUT2D eigenvalue weighted by Gasteiger charge is -2.19. The van der Waals surface area contributed by atoms with Crippen LogP contribution >= 0.6 is 0 Å². The van der Waals surface area contributed by atoms with Gasteiger partial charge in [0.25, 0.3) is 5.88 Å². The van der Waals surface area contributed by atoms with Gasteiger partial charge >= 0.3 is 5.69 Å². The number of amidine groups is 1. The molecular formula is C12H18N4O5. The van der Waals surface area contributed by atoms with Crippen molar-refractivity contribution in [2.24, 2.45) is 10.9 Å². The van der Waals surface area contributed by atoms with Gasteiger partial charge in [-0.25, -0.2) is 4.98 Å². The number of aromatic nitrogens is 1. The van der Waals surface area contributed by atoms with Crippen LogP contribution < -0.4 is 10.5 Å². The molecule has 0 aliphatic carbocycles. The van der Waals surface area contributed by atoms with Crippen molar-refractivity contribution >= 4 is 11.5 Å². The number of hydrogen-bond donors (Lipinski definition) is 2. The number of hydrogen-bond acceptors (Lipinski definition) is 7. The quantitative estimate of drug-likeness (QED) is 0.202. The normalized spacial score (nSPS) is 12.2. The number of nitrogens with zero attached hydrogens (tertiary/aromatic N) is 3. The van der Waals surface area contributed by atoms with Crippen LogP contribution in [0.25, 0.3) is 0 Å². The molecule has 0 saturated heterocycles. The summed E-state index contributed by atoms with van der Waals surface area (Å²) in [5.41, 5.74) is 4.80. The van der Waals surface area contributed by atoms with Gasteiger partial charge in [-0.3, -0.25) is 10.1 Å². The van der Waals surface area contributed by atoms with E-state index in [0.717, 1.165) is 6.07 Å². The maximum atomic E-state index is 11.0. The zero-order valence-electron chi connectivity index (χ0n) is 12.1. The Morgan fingerprint density at radius 1 is 1.52 bits per heavy atom. The summed E-state index contributed by atoms with van der Waals surface area (Å²) in [7, 11) is 0. The van der Waals surface area contributed by atoms with Crippen molar-refractivity contribution in [3.63, 3.8) is 0 Å². The lowest BCUT2D eigenvalue weighted by Crippen LogP contribution is -2.22. The largest absolute Gasteiger partial charge is 0.470 e. The van der Waals surface area contributed by atoms with Crippen molar-refractivity contribution in [1.29, 1.82) is 0 Å². The Labute approximate surface area is 121 Å². The van der Waals surface area contributed by atoms with Gasteiger partial charge in [0, 0.05) is 17.8 Å². The summed E-state index contributed by atoms with van der Waals surface area (Å²) in [6.45, 7) is 6.05. The Kier molecular flexibility index (Phi) is 5.42. The third kappa shape index (κ3) is 5.22. The summed E-state index contributed by atoms with van der Waals surface area (Å²) in [6, 6.07) is 1.13. The van der Waals surface area contributed by atoms with Crippen LogP contribution in [0.2, 0.25) is 0 Å². The SMILES string of the molecule is CC(C)(C)OCCOc1ncc(C(N)=NO)cc1[N+](=O)[O-]. The molecule has 0 aliphatic rings. The van der Waals surface area contributed by atoms with Crippen molar-refractivity contribution in [3.8, 4) is 5.88 Å². The van der Waals surface area contributed by atoms with Crippen LogP contribution in [0.15, 0.2) is 17.4 Å². The monoisotopic (exact) mass is 298 g/mol. The molecule has 0 bridgehead atoms. The highest BCUT2D eigenvalue weighted by Gasteiger charge is 2.19. The van der Waals surface area contributed by atoms with Crippen LogP contribution in [0.4, 0.5) is 5.69 Å². The molecule has 0 atom stereocenters. The van der Waals surface area contributed by atoms with Crippen LogP contribution in [0.3, 0.4) is 0 Å². The lowest BCUT2D eigenvalue weighted by atomic mass is 10.2. The first-order chi connectivity index (χ1) is 9.74. The summed E-state index contributed by atoms with van der Waals surface area (Å²) in [6.07, 6.45) is 1.22. The van der Waals surface area contributed by atoms with Gasteiger partial charge in [-0.2, -0.15) is 0 Å². The molecule has 116 valence electrons. The first-order valence-electron chi connectivity index (χ1n) is 6.13. The molecule has 1 aromatic heterocycles. The fourth-order valence-electron chi connectivity index (χ4n) is 1.37. The molecule has 21 heavy (non-hydrogen) atoms. The molecule has 1 aromatic rings. The van der Waals surface area contributed by atoms with Gasteiger partial charge in [-0.05, 0) is 20.8 Å². The number of nitrogens with two attached hydrogens (primary N) is 1.